The zero-order chi connectivity index (χ0) is 13.9. The van der Waals surface area contributed by atoms with E-state index in [1.165, 1.54) is 37.8 Å². The third-order valence-electron chi connectivity index (χ3n) is 4.35. The first kappa shape index (κ1) is 14.2. The summed E-state index contributed by atoms with van der Waals surface area (Å²) in [7, 11) is 0. The van der Waals surface area contributed by atoms with Gasteiger partial charge in [0.25, 0.3) is 0 Å². The van der Waals surface area contributed by atoms with Gasteiger partial charge in [0.2, 0.25) is 0 Å². The molecule has 4 heteroatoms. The van der Waals surface area contributed by atoms with Crippen molar-refractivity contribution < 1.29 is 9.47 Å². The normalized spacial score (nSPS) is 23.2. The van der Waals surface area contributed by atoms with Gasteiger partial charge in [-0.3, -0.25) is 4.90 Å². The standard InChI is InChI=1S/C16H22ClNO2/c1-2-15-5-3-4-6-18(15)9-12-7-14(17)8-13-10-19-11-20-16(12)13/h7-8,15H,2-6,9-11H2,1H3/t15-/m0/s1. The minimum absolute atomic E-state index is 0.346. The van der Waals surface area contributed by atoms with Crippen LogP contribution in [0.15, 0.2) is 12.1 Å². The van der Waals surface area contributed by atoms with Crippen LogP contribution in [0.2, 0.25) is 5.02 Å². The van der Waals surface area contributed by atoms with Gasteiger partial charge in [-0.2, -0.15) is 0 Å². The second-order valence-electron chi connectivity index (χ2n) is 5.69. The molecule has 0 unspecified atom stereocenters. The summed E-state index contributed by atoms with van der Waals surface area (Å²) in [5, 5.41) is 0.776. The summed E-state index contributed by atoms with van der Waals surface area (Å²) < 4.78 is 11.1. The number of hydrogen-bond acceptors (Lipinski definition) is 3. The molecule has 1 aromatic rings. The van der Waals surface area contributed by atoms with Crippen LogP contribution < -0.4 is 4.74 Å². The highest BCUT2D eigenvalue weighted by molar-refractivity contribution is 6.30. The molecule has 0 aliphatic carbocycles. The maximum Gasteiger partial charge on any atom is 0.189 e. The van der Waals surface area contributed by atoms with Gasteiger partial charge >= 0.3 is 0 Å². The topological polar surface area (TPSA) is 21.7 Å². The molecule has 2 heterocycles. The molecule has 1 atom stereocenters. The van der Waals surface area contributed by atoms with E-state index in [0.29, 0.717) is 19.4 Å². The predicted octanol–water partition coefficient (Wildman–Crippen LogP) is 3.97. The quantitative estimate of drug-likeness (QED) is 0.842. The van der Waals surface area contributed by atoms with Gasteiger partial charge in [0.15, 0.2) is 6.79 Å². The van der Waals surface area contributed by atoms with Crippen molar-refractivity contribution in [3.05, 3.63) is 28.3 Å². The molecule has 1 saturated heterocycles. The van der Waals surface area contributed by atoms with E-state index in [4.69, 9.17) is 21.1 Å². The first-order valence-corrected chi connectivity index (χ1v) is 7.91. The van der Waals surface area contributed by atoms with Crippen LogP contribution in [0.1, 0.15) is 43.7 Å². The lowest BCUT2D eigenvalue weighted by atomic mass is 9.98. The van der Waals surface area contributed by atoms with Crippen LogP contribution >= 0.6 is 11.6 Å². The minimum atomic E-state index is 0.346. The summed E-state index contributed by atoms with van der Waals surface area (Å²) in [4.78, 5) is 2.58. The maximum absolute atomic E-state index is 6.24. The van der Waals surface area contributed by atoms with Gasteiger partial charge in [0.05, 0.1) is 6.61 Å². The van der Waals surface area contributed by atoms with Gasteiger partial charge in [-0.1, -0.05) is 24.9 Å². The summed E-state index contributed by atoms with van der Waals surface area (Å²) in [5.74, 6) is 0.987. The molecule has 2 aliphatic rings. The fourth-order valence-electron chi connectivity index (χ4n) is 3.32. The lowest BCUT2D eigenvalue weighted by Gasteiger charge is -2.36. The highest BCUT2D eigenvalue weighted by atomic mass is 35.5. The van der Waals surface area contributed by atoms with Crippen molar-refractivity contribution >= 4 is 11.6 Å². The molecule has 110 valence electrons. The summed E-state index contributed by atoms with van der Waals surface area (Å²) in [5.41, 5.74) is 2.28. The van der Waals surface area contributed by atoms with E-state index in [0.717, 1.165) is 22.9 Å². The molecule has 0 spiro atoms. The first-order chi connectivity index (χ1) is 9.78. The van der Waals surface area contributed by atoms with Crippen LogP contribution in [0, 0.1) is 0 Å². The van der Waals surface area contributed by atoms with Gasteiger partial charge in [-0.15, -0.1) is 0 Å². The lowest BCUT2D eigenvalue weighted by molar-refractivity contribution is -0.0177. The van der Waals surface area contributed by atoms with Gasteiger partial charge in [-0.05, 0) is 37.9 Å². The van der Waals surface area contributed by atoms with E-state index in [2.05, 4.69) is 11.8 Å². The monoisotopic (exact) mass is 295 g/mol. The highest BCUT2D eigenvalue weighted by Gasteiger charge is 2.24. The van der Waals surface area contributed by atoms with Crippen molar-refractivity contribution in [2.75, 3.05) is 13.3 Å². The predicted molar refractivity (Wildman–Crippen MR) is 80.1 cm³/mol. The van der Waals surface area contributed by atoms with E-state index in [-0.39, 0.29) is 0 Å². The summed E-state index contributed by atoms with van der Waals surface area (Å²) >= 11 is 6.24. The molecule has 0 bridgehead atoms. The Balaban J connectivity index is 1.84. The largest absolute Gasteiger partial charge is 0.467 e. The molecular formula is C16H22ClNO2. The Kier molecular flexibility index (Phi) is 4.49. The molecule has 0 aromatic heterocycles. The Morgan fingerprint density at radius 3 is 3.10 bits per heavy atom. The Hall–Kier alpha value is -0.770. The third kappa shape index (κ3) is 2.95. The number of rotatable bonds is 3. The molecule has 2 aliphatic heterocycles. The van der Waals surface area contributed by atoms with Crippen LogP contribution in [0.4, 0.5) is 0 Å². The maximum atomic E-state index is 6.24. The Morgan fingerprint density at radius 1 is 1.35 bits per heavy atom. The third-order valence-corrected chi connectivity index (χ3v) is 4.56. The number of benzene rings is 1. The number of piperidine rings is 1. The van der Waals surface area contributed by atoms with Gasteiger partial charge in [-0.25, -0.2) is 0 Å². The van der Waals surface area contributed by atoms with Crippen molar-refractivity contribution in [2.45, 2.75) is 51.8 Å². The highest BCUT2D eigenvalue weighted by Crippen LogP contribution is 2.33. The van der Waals surface area contributed by atoms with Crippen LogP contribution in [0.25, 0.3) is 0 Å². The van der Waals surface area contributed by atoms with Crippen LogP contribution in [0.3, 0.4) is 0 Å². The van der Waals surface area contributed by atoms with Crippen molar-refractivity contribution in [3.8, 4) is 5.75 Å². The van der Waals surface area contributed by atoms with Crippen molar-refractivity contribution in [3.63, 3.8) is 0 Å². The molecule has 20 heavy (non-hydrogen) atoms. The molecule has 0 amide bonds. The number of ether oxygens (including phenoxy) is 2. The number of nitrogens with zero attached hydrogens (tertiary/aromatic N) is 1. The molecule has 0 radical (unpaired) electrons. The Labute approximate surface area is 125 Å². The van der Waals surface area contributed by atoms with E-state index in [1.807, 2.05) is 12.1 Å². The average Bonchev–Trinajstić information content (AvgIpc) is 2.47. The average molecular weight is 296 g/mol. The second-order valence-corrected chi connectivity index (χ2v) is 6.13. The Morgan fingerprint density at radius 2 is 2.25 bits per heavy atom. The summed E-state index contributed by atoms with van der Waals surface area (Å²) in [6, 6.07) is 4.69. The van der Waals surface area contributed by atoms with E-state index in [9.17, 15) is 0 Å². The van der Waals surface area contributed by atoms with Crippen molar-refractivity contribution in [1.29, 1.82) is 0 Å². The Bertz CT molecular complexity index is 478. The molecule has 3 rings (SSSR count). The lowest BCUT2D eigenvalue weighted by Crippen LogP contribution is -2.38. The molecule has 3 nitrogen and oxygen atoms in total. The smallest absolute Gasteiger partial charge is 0.189 e. The molecule has 0 N–H and O–H groups in total. The SMILES string of the molecule is CC[C@H]1CCCCN1Cc1cc(Cl)cc2c1OCOC2. The summed E-state index contributed by atoms with van der Waals surface area (Å²) in [6.07, 6.45) is 5.17. The molecular weight excluding hydrogens is 274 g/mol. The number of fused-ring (bicyclic) bond motifs is 1. The van der Waals surface area contributed by atoms with Crippen LogP contribution in [-0.2, 0) is 17.9 Å². The van der Waals surface area contributed by atoms with E-state index in [1.54, 1.807) is 0 Å². The van der Waals surface area contributed by atoms with Gasteiger partial charge < -0.3 is 9.47 Å². The van der Waals surface area contributed by atoms with Crippen molar-refractivity contribution in [2.24, 2.45) is 0 Å². The molecule has 0 saturated carbocycles. The number of likely N-dealkylation sites (tertiary alicyclic amines) is 1. The van der Waals surface area contributed by atoms with E-state index >= 15 is 0 Å². The van der Waals surface area contributed by atoms with Crippen molar-refractivity contribution in [1.82, 2.24) is 4.90 Å². The fraction of sp³-hybridized carbons (Fsp3) is 0.625. The second kappa shape index (κ2) is 6.33. The number of hydrogen-bond donors (Lipinski definition) is 0. The van der Waals surface area contributed by atoms with Crippen LogP contribution in [0.5, 0.6) is 5.75 Å². The number of halogens is 1. The zero-order valence-electron chi connectivity index (χ0n) is 12.0. The fourth-order valence-corrected chi connectivity index (χ4v) is 3.59. The molecule has 1 aromatic carbocycles. The summed E-state index contributed by atoms with van der Waals surface area (Å²) in [6.45, 7) is 5.33. The van der Waals surface area contributed by atoms with Gasteiger partial charge in [0, 0.05) is 28.7 Å². The van der Waals surface area contributed by atoms with Crippen LogP contribution in [-0.4, -0.2) is 24.3 Å². The first-order valence-electron chi connectivity index (χ1n) is 7.54. The van der Waals surface area contributed by atoms with E-state index < -0.39 is 0 Å². The van der Waals surface area contributed by atoms with Gasteiger partial charge in [0.1, 0.15) is 5.75 Å². The zero-order valence-corrected chi connectivity index (χ0v) is 12.8. The molecule has 1 fully saturated rings. The minimum Gasteiger partial charge on any atom is -0.467 e.